The summed E-state index contributed by atoms with van der Waals surface area (Å²) in [5.74, 6) is 5.03. The van der Waals surface area contributed by atoms with E-state index in [1.807, 2.05) is 85.2 Å². The molecule has 0 spiro atoms. The molecule has 0 amide bonds. The second-order valence-electron chi connectivity index (χ2n) is 16.0. The summed E-state index contributed by atoms with van der Waals surface area (Å²) in [6.45, 7) is 8.41. The van der Waals surface area contributed by atoms with Gasteiger partial charge < -0.3 is 28.4 Å². The van der Waals surface area contributed by atoms with Crippen molar-refractivity contribution >= 4 is 21.5 Å². The van der Waals surface area contributed by atoms with Gasteiger partial charge >= 0.3 is 0 Å². The number of ether oxygens (including phenoxy) is 6. The average Bonchev–Trinajstić information content (AvgIpc) is 3.31. The van der Waals surface area contributed by atoms with Crippen LogP contribution in [0.25, 0.3) is 32.9 Å². The minimum absolute atomic E-state index is 0.570. The van der Waals surface area contributed by atoms with E-state index in [9.17, 15) is 0 Å². The maximum Gasteiger partial charge on any atom is 0.145 e. The lowest BCUT2D eigenvalue weighted by Crippen LogP contribution is -2.04. The number of aromatic nitrogens is 2. The van der Waals surface area contributed by atoms with Crippen LogP contribution < -0.4 is 28.4 Å². The van der Waals surface area contributed by atoms with Crippen LogP contribution in [0.3, 0.4) is 0 Å². The average molecular weight is 841 g/mol. The first-order valence-corrected chi connectivity index (χ1v) is 23.5. The highest BCUT2D eigenvalue weighted by molar-refractivity contribution is 6.05. The van der Waals surface area contributed by atoms with Crippen molar-refractivity contribution in [3.05, 3.63) is 109 Å². The highest BCUT2D eigenvalue weighted by atomic mass is 16.5. The molecule has 4 aromatic carbocycles. The predicted octanol–water partition coefficient (Wildman–Crippen LogP) is 14.4. The molecule has 0 unspecified atom stereocenters. The minimum Gasteiger partial charge on any atom is -0.494 e. The predicted molar refractivity (Wildman–Crippen MR) is 254 cm³/mol. The number of fused-ring (bicyclic) bond motifs is 2. The maximum absolute atomic E-state index is 6.30. The molecule has 6 rings (SSSR count). The third-order valence-corrected chi connectivity index (χ3v) is 11.1. The van der Waals surface area contributed by atoms with E-state index >= 15 is 0 Å². The molecule has 8 nitrogen and oxygen atoms in total. The standard InChI is InChI=1S/C54H68N2O6/c1-3-5-7-9-11-17-35-57-43-27-31-45(32-28-43)59-37-19-21-39-61-51-41-55-53(49-25-15-13-23-47(49)51)54-50-26-16-14-24-48(50)52(42-56-54)62-40-22-20-38-60-46-33-29-44(30-34-46)58-36-18-12-10-8-6-4-2/h13-16,23-34,41-42H,3-12,17-22,35-40H2,1-2H3. The smallest absolute Gasteiger partial charge is 0.145 e. The van der Waals surface area contributed by atoms with E-state index in [-0.39, 0.29) is 0 Å². The lowest BCUT2D eigenvalue weighted by molar-refractivity contribution is 0.267. The van der Waals surface area contributed by atoms with Crippen LogP contribution in [0.5, 0.6) is 34.5 Å². The molecule has 2 heterocycles. The van der Waals surface area contributed by atoms with Gasteiger partial charge in [0.2, 0.25) is 0 Å². The Bertz CT molecular complexity index is 2000. The van der Waals surface area contributed by atoms with Gasteiger partial charge in [0, 0.05) is 21.5 Å². The number of unbranched alkanes of at least 4 members (excludes halogenated alkanes) is 12. The fraction of sp³-hybridized carbons (Fsp3) is 0.444. The normalized spacial score (nSPS) is 11.2. The summed E-state index contributed by atoms with van der Waals surface area (Å²) in [7, 11) is 0. The quantitative estimate of drug-likeness (QED) is 0.0400. The zero-order valence-electron chi connectivity index (χ0n) is 37.3. The first-order chi connectivity index (χ1) is 30.7. The number of rotatable bonds is 31. The summed E-state index contributed by atoms with van der Waals surface area (Å²) in [4.78, 5) is 9.85. The molecule has 0 N–H and O–H groups in total. The first-order valence-electron chi connectivity index (χ1n) is 23.5. The molecule has 6 aromatic rings. The van der Waals surface area contributed by atoms with Crippen LogP contribution in [0.2, 0.25) is 0 Å². The summed E-state index contributed by atoms with van der Waals surface area (Å²) in [5, 5.41) is 4.01. The van der Waals surface area contributed by atoms with Gasteiger partial charge in [0.15, 0.2) is 0 Å². The SMILES string of the molecule is CCCCCCCCOc1ccc(OCCCCOc2cnc(-c3ncc(OCCCCOc4ccc(OCCCCCCCC)cc4)c4ccccc34)c3ccccc23)cc1. The van der Waals surface area contributed by atoms with E-state index in [4.69, 9.17) is 38.4 Å². The van der Waals surface area contributed by atoms with E-state index in [2.05, 4.69) is 38.1 Å². The largest absolute Gasteiger partial charge is 0.494 e. The third-order valence-electron chi connectivity index (χ3n) is 11.1. The van der Waals surface area contributed by atoms with Crippen LogP contribution in [0.15, 0.2) is 109 Å². The van der Waals surface area contributed by atoms with Gasteiger partial charge in [-0.1, -0.05) is 127 Å². The molecule has 330 valence electrons. The molecule has 0 bridgehead atoms. The molecule has 0 atom stereocenters. The molecule has 0 saturated heterocycles. The van der Waals surface area contributed by atoms with Crippen LogP contribution >= 0.6 is 0 Å². The highest BCUT2D eigenvalue weighted by Crippen LogP contribution is 2.37. The molecule has 0 radical (unpaired) electrons. The molecule has 0 fully saturated rings. The summed E-state index contributed by atoms with van der Waals surface area (Å²) in [6.07, 6.45) is 22.2. The van der Waals surface area contributed by atoms with E-state index in [1.54, 1.807) is 0 Å². The van der Waals surface area contributed by atoms with E-state index in [0.717, 1.165) is 119 Å². The van der Waals surface area contributed by atoms with Gasteiger partial charge in [-0.3, -0.25) is 9.97 Å². The number of nitrogens with zero attached hydrogens (tertiary/aromatic N) is 2. The van der Waals surface area contributed by atoms with E-state index in [1.165, 1.54) is 64.2 Å². The molecular formula is C54H68N2O6. The first kappa shape index (κ1) is 46.0. The van der Waals surface area contributed by atoms with Gasteiger partial charge in [0.1, 0.15) is 34.5 Å². The molecule has 8 heteroatoms. The minimum atomic E-state index is 0.570. The zero-order valence-corrected chi connectivity index (χ0v) is 37.3. The Morgan fingerprint density at radius 1 is 0.306 bits per heavy atom. The zero-order chi connectivity index (χ0) is 42.9. The fourth-order valence-corrected chi connectivity index (χ4v) is 7.50. The van der Waals surface area contributed by atoms with Gasteiger partial charge in [-0.25, -0.2) is 0 Å². The summed E-state index contributed by atoms with van der Waals surface area (Å²) in [6, 6.07) is 32.4. The van der Waals surface area contributed by atoms with Crippen molar-refractivity contribution < 1.29 is 28.4 Å². The van der Waals surface area contributed by atoms with Crippen molar-refractivity contribution in [1.29, 1.82) is 0 Å². The molecule has 0 aliphatic carbocycles. The topological polar surface area (TPSA) is 81.2 Å². The third kappa shape index (κ3) is 14.8. The Balaban J connectivity index is 0.924. The van der Waals surface area contributed by atoms with Crippen molar-refractivity contribution in [2.45, 2.75) is 117 Å². The van der Waals surface area contributed by atoms with Crippen LogP contribution in [0.4, 0.5) is 0 Å². The summed E-state index contributed by atoms with van der Waals surface area (Å²) in [5.41, 5.74) is 1.63. The van der Waals surface area contributed by atoms with Crippen molar-refractivity contribution in [1.82, 2.24) is 9.97 Å². The monoisotopic (exact) mass is 841 g/mol. The summed E-state index contributed by atoms with van der Waals surface area (Å²) >= 11 is 0. The highest BCUT2D eigenvalue weighted by Gasteiger charge is 2.16. The van der Waals surface area contributed by atoms with Crippen molar-refractivity contribution in [2.75, 3.05) is 39.6 Å². The Hall–Kier alpha value is -5.50. The molecule has 0 aliphatic rings. The molecule has 0 saturated carbocycles. The van der Waals surface area contributed by atoms with Gasteiger partial charge in [-0.05, 0) is 87.1 Å². The van der Waals surface area contributed by atoms with Crippen LogP contribution in [0, 0.1) is 0 Å². The molecule has 62 heavy (non-hydrogen) atoms. The Labute approximate surface area is 370 Å². The molecule has 0 aliphatic heterocycles. The number of hydrogen-bond donors (Lipinski definition) is 0. The van der Waals surface area contributed by atoms with Crippen molar-refractivity contribution in [3.63, 3.8) is 0 Å². The van der Waals surface area contributed by atoms with E-state index in [0.29, 0.717) is 26.4 Å². The Kier molecular flexibility index (Phi) is 19.9. The second kappa shape index (κ2) is 26.8. The van der Waals surface area contributed by atoms with Crippen LogP contribution in [-0.4, -0.2) is 49.6 Å². The van der Waals surface area contributed by atoms with Gasteiger partial charge in [-0.15, -0.1) is 0 Å². The second-order valence-corrected chi connectivity index (χ2v) is 16.0. The van der Waals surface area contributed by atoms with Gasteiger partial charge in [0.05, 0.1) is 63.4 Å². The summed E-state index contributed by atoms with van der Waals surface area (Å²) < 4.78 is 36.4. The van der Waals surface area contributed by atoms with Crippen molar-refractivity contribution in [3.8, 4) is 45.9 Å². The maximum atomic E-state index is 6.30. The number of hydrogen-bond acceptors (Lipinski definition) is 8. The lowest BCUT2D eigenvalue weighted by Gasteiger charge is -2.15. The van der Waals surface area contributed by atoms with Gasteiger partial charge in [0.25, 0.3) is 0 Å². The Morgan fingerprint density at radius 3 is 0.919 bits per heavy atom. The van der Waals surface area contributed by atoms with Crippen molar-refractivity contribution in [2.24, 2.45) is 0 Å². The fourth-order valence-electron chi connectivity index (χ4n) is 7.50. The van der Waals surface area contributed by atoms with Crippen LogP contribution in [0.1, 0.15) is 117 Å². The lowest BCUT2D eigenvalue weighted by atomic mass is 10.0. The molecular weight excluding hydrogens is 773 g/mol. The van der Waals surface area contributed by atoms with E-state index < -0.39 is 0 Å². The van der Waals surface area contributed by atoms with Crippen LogP contribution in [-0.2, 0) is 0 Å². The number of pyridine rings is 2. The number of benzene rings is 4. The Morgan fingerprint density at radius 2 is 0.581 bits per heavy atom. The molecule has 2 aromatic heterocycles. The van der Waals surface area contributed by atoms with Gasteiger partial charge in [-0.2, -0.15) is 0 Å².